The summed E-state index contributed by atoms with van der Waals surface area (Å²) in [7, 11) is 1.78. The molecule has 1 aliphatic heterocycles. The molecule has 1 aromatic rings. The molecule has 5 nitrogen and oxygen atoms in total. The van der Waals surface area contributed by atoms with Crippen molar-refractivity contribution in [1.29, 1.82) is 0 Å². The molecule has 0 saturated carbocycles. The van der Waals surface area contributed by atoms with Gasteiger partial charge in [-0.05, 0) is 44.0 Å². The predicted octanol–water partition coefficient (Wildman–Crippen LogP) is 2.32. The van der Waals surface area contributed by atoms with Crippen LogP contribution < -0.4 is 15.2 Å². The first kappa shape index (κ1) is 20.0. The standard InChI is InChI=1S/C17H28N2O3.ClH/c1-3-21-15-4-6-16(7-5-15)22-11-10-19-9-8-17(20-2)12-14(19)13-18;/h4-7,14,17H,3,8-13,18H2,1-2H3;1H. The minimum absolute atomic E-state index is 0. The fraction of sp³-hybridized carbons (Fsp3) is 0.647. The van der Waals surface area contributed by atoms with Gasteiger partial charge in [0.1, 0.15) is 18.1 Å². The van der Waals surface area contributed by atoms with E-state index in [1.165, 1.54) is 0 Å². The van der Waals surface area contributed by atoms with E-state index in [1.54, 1.807) is 7.11 Å². The number of likely N-dealkylation sites (tertiary alicyclic amines) is 1. The molecule has 6 heteroatoms. The van der Waals surface area contributed by atoms with Crippen LogP contribution in [0, 0.1) is 0 Å². The lowest BCUT2D eigenvalue weighted by molar-refractivity contribution is 0.00923. The zero-order valence-corrected chi connectivity index (χ0v) is 14.9. The van der Waals surface area contributed by atoms with Gasteiger partial charge in [0.15, 0.2) is 0 Å². The van der Waals surface area contributed by atoms with Gasteiger partial charge in [-0.25, -0.2) is 0 Å². The Morgan fingerprint density at radius 1 is 1.17 bits per heavy atom. The van der Waals surface area contributed by atoms with Crippen LogP contribution in [0.2, 0.25) is 0 Å². The lowest BCUT2D eigenvalue weighted by atomic mass is 9.99. The van der Waals surface area contributed by atoms with Gasteiger partial charge in [0.25, 0.3) is 0 Å². The molecular formula is C17H29ClN2O3. The molecule has 23 heavy (non-hydrogen) atoms. The molecule has 2 atom stereocenters. The molecule has 0 amide bonds. The fourth-order valence-electron chi connectivity index (χ4n) is 2.90. The van der Waals surface area contributed by atoms with Gasteiger partial charge in [-0.3, -0.25) is 4.90 Å². The molecule has 132 valence electrons. The van der Waals surface area contributed by atoms with E-state index < -0.39 is 0 Å². The van der Waals surface area contributed by atoms with Crippen molar-refractivity contribution in [1.82, 2.24) is 4.90 Å². The van der Waals surface area contributed by atoms with Gasteiger partial charge in [-0.15, -0.1) is 12.4 Å². The Balaban J connectivity index is 0.00000264. The van der Waals surface area contributed by atoms with Crippen LogP contribution in [-0.4, -0.2) is 57.0 Å². The number of halogens is 1. The van der Waals surface area contributed by atoms with Crippen molar-refractivity contribution in [2.75, 3.05) is 40.0 Å². The highest BCUT2D eigenvalue weighted by atomic mass is 35.5. The number of ether oxygens (including phenoxy) is 3. The van der Waals surface area contributed by atoms with Gasteiger partial charge < -0.3 is 19.9 Å². The molecule has 1 saturated heterocycles. The third-order valence-electron chi connectivity index (χ3n) is 4.18. The molecule has 1 aliphatic rings. The summed E-state index contributed by atoms with van der Waals surface area (Å²) in [4.78, 5) is 2.41. The van der Waals surface area contributed by atoms with Crippen molar-refractivity contribution in [3.05, 3.63) is 24.3 Å². The molecule has 0 aromatic heterocycles. The van der Waals surface area contributed by atoms with Crippen molar-refractivity contribution >= 4 is 12.4 Å². The molecule has 1 fully saturated rings. The number of piperidine rings is 1. The average Bonchev–Trinajstić information content (AvgIpc) is 2.57. The maximum Gasteiger partial charge on any atom is 0.119 e. The smallest absolute Gasteiger partial charge is 0.119 e. The van der Waals surface area contributed by atoms with Crippen molar-refractivity contribution in [3.63, 3.8) is 0 Å². The van der Waals surface area contributed by atoms with E-state index in [0.717, 1.165) is 37.4 Å². The third kappa shape index (κ3) is 6.18. The normalized spacial score (nSPS) is 21.5. The number of rotatable bonds is 8. The molecule has 0 bridgehead atoms. The number of nitrogens with zero attached hydrogens (tertiary/aromatic N) is 1. The lowest BCUT2D eigenvalue weighted by Crippen LogP contribution is -2.49. The Labute approximate surface area is 145 Å². The van der Waals surface area contributed by atoms with Crippen LogP contribution in [0.5, 0.6) is 11.5 Å². The van der Waals surface area contributed by atoms with Gasteiger partial charge in [0.2, 0.25) is 0 Å². The van der Waals surface area contributed by atoms with E-state index >= 15 is 0 Å². The van der Waals surface area contributed by atoms with Crippen molar-refractivity contribution < 1.29 is 14.2 Å². The molecule has 0 spiro atoms. The topological polar surface area (TPSA) is 57.0 Å². The van der Waals surface area contributed by atoms with Crippen LogP contribution in [0.3, 0.4) is 0 Å². The zero-order valence-electron chi connectivity index (χ0n) is 14.1. The van der Waals surface area contributed by atoms with Crippen LogP contribution in [0.4, 0.5) is 0 Å². The van der Waals surface area contributed by atoms with Gasteiger partial charge in [0, 0.05) is 32.8 Å². The van der Waals surface area contributed by atoms with E-state index in [1.807, 2.05) is 31.2 Å². The summed E-state index contributed by atoms with van der Waals surface area (Å²) in [6, 6.07) is 8.16. The van der Waals surface area contributed by atoms with Crippen LogP contribution in [0.1, 0.15) is 19.8 Å². The number of methoxy groups -OCH3 is 1. The quantitative estimate of drug-likeness (QED) is 0.784. The van der Waals surface area contributed by atoms with E-state index in [9.17, 15) is 0 Å². The monoisotopic (exact) mass is 344 g/mol. The lowest BCUT2D eigenvalue weighted by Gasteiger charge is -2.38. The van der Waals surface area contributed by atoms with Crippen LogP contribution in [0.25, 0.3) is 0 Å². The van der Waals surface area contributed by atoms with Gasteiger partial charge in [-0.1, -0.05) is 0 Å². The summed E-state index contributed by atoms with van der Waals surface area (Å²) < 4.78 is 16.7. The maximum absolute atomic E-state index is 5.89. The Hall–Kier alpha value is -1.01. The number of hydrogen-bond acceptors (Lipinski definition) is 5. The highest BCUT2D eigenvalue weighted by molar-refractivity contribution is 5.85. The van der Waals surface area contributed by atoms with Gasteiger partial charge >= 0.3 is 0 Å². The summed E-state index contributed by atoms with van der Waals surface area (Å²) in [6.07, 6.45) is 2.42. The molecule has 2 rings (SSSR count). The molecule has 2 N–H and O–H groups in total. The average molecular weight is 345 g/mol. The minimum atomic E-state index is 0. The summed E-state index contributed by atoms with van der Waals surface area (Å²) in [5.41, 5.74) is 5.89. The third-order valence-corrected chi connectivity index (χ3v) is 4.18. The largest absolute Gasteiger partial charge is 0.494 e. The minimum Gasteiger partial charge on any atom is -0.494 e. The Morgan fingerprint density at radius 2 is 1.83 bits per heavy atom. The van der Waals surface area contributed by atoms with Gasteiger partial charge in [0.05, 0.1) is 12.7 Å². The first-order valence-electron chi connectivity index (χ1n) is 8.09. The Kier molecular flexibility index (Phi) is 9.33. The predicted molar refractivity (Wildman–Crippen MR) is 94.8 cm³/mol. The molecule has 1 aromatic carbocycles. The first-order valence-corrected chi connectivity index (χ1v) is 8.09. The SMILES string of the molecule is CCOc1ccc(OCCN2CCC(OC)CC2CN)cc1.Cl. The second-order valence-electron chi connectivity index (χ2n) is 5.56. The van der Waals surface area contributed by atoms with Crippen LogP contribution in [0.15, 0.2) is 24.3 Å². The summed E-state index contributed by atoms with van der Waals surface area (Å²) in [5.74, 6) is 1.75. The summed E-state index contributed by atoms with van der Waals surface area (Å²) in [5, 5.41) is 0. The second kappa shape index (κ2) is 10.7. The van der Waals surface area contributed by atoms with Crippen molar-refractivity contribution in [2.24, 2.45) is 5.73 Å². The van der Waals surface area contributed by atoms with E-state index in [4.69, 9.17) is 19.9 Å². The Morgan fingerprint density at radius 3 is 2.39 bits per heavy atom. The van der Waals surface area contributed by atoms with E-state index in [2.05, 4.69) is 4.90 Å². The number of nitrogens with two attached hydrogens (primary N) is 1. The number of hydrogen-bond donors (Lipinski definition) is 1. The summed E-state index contributed by atoms with van der Waals surface area (Å²) >= 11 is 0. The second-order valence-corrected chi connectivity index (χ2v) is 5.56. The number of benzene rings is 1. The maximum atomic E-state index is 5.89. The van der Waals surface area contributed by atoms with E-state index in [-0.39, 0.29) is 12.4 Å². The molecular weight excluding hydrogens is 316 g/mol. The molecule has 0 aliphatic carbocycles. The first-order chi connectivity index (χ1) is 10.8. The van der Waals surface area contributed by atoms with Crippen LogP contribution >= 0.6 is 12.4 Å². The molecule has 0 radical (unpaired) electrons. The van der Waals surface area contributed by atoms with Crippen molar-refractivity contribution in [2.45, 2.75) is 31.9 Å². The van der Waals surface area contributed by atoms with Crippen LogP contribution in [-0.2, 0) is 4.74 Å². The Bertz CT molecular complexity index is 430. The fourth-order valence-corrected chi connectivity index (χ4v) is 2.90. The van der Waals surface area contributed by atoms with Crippen molar-refractivity contribution in [3.8, 4) is 11.5 Å². The highest BCUT2D eigenvalue weighted by Crippen LogP contribution is 2.20. The molecule has 2 unspecified atom stereocenters. The van der Waals surface area contributed by atoms with E-state index in [0.29, 0.717) is 31.9 Å². The highest BCUT2D eigenvalue weighted by Gasteiger charge is 2.27. The zero-order chi connectivity index (χ0) is 15.8. The molecule has 1 heterocycles. The summed E-state index contributed by atoms with van der Waals surface area (Å²) in [6.45, 7) is 5.91. The van der Waals surface area contributed by atoms with Gasteiger partial charge in [-0.2, -0.15) is 0 Å².